The molecule has 0 aliphatic carbocycles. The second kappa shape index (κ2) is 9.42. The van der Waals surface area contributed by atoms with E-state index < -0.39 is 27.8 Å². The van der Waals surface area contributed by atoms with Gasteiger partial charge in [-0.2, -0.15) is 8.42 Å². The number of aromatic nitrogens is 1. The van der Waals surface area contributed by atoms with Crippen molar-refractivity contribution >= 4 is 44.6 Å². The summed E-state index contributed by atoms with van der Waals surface area (Å²) in [6.45, 7) is 0.119. The third-order valence-electron chi connectivity index (χ3n) is 3.98. The molecule has 2 aromatic carbocycles. The van der Waals surface area contributed by atoms with E-state index in [2.05, 4.69) is 14.7 Å². The van der Waals surface area contributed by atoms with Gasteiger partial charge in [0.1, 0.15) is 4.90 Å². The molecule has 166 valence electrons. The average Bonchev–Trinajstić information content (AvgIpc) is 3.02. The smallest absolute Gasteiger partial charge is 0.334 e. The third-order valence-corrected chi connectivity index (χ3v) is 5.43. The summed E-state index contributed by atoms with van der Waals surface area (Å²) in [5, 5.41) is 34.3. The summed E-state index contributed by atoms with van der Waals surface area (Å²) in [6, 6.07) is 9.57. The lowest BCUT2D eigenvalue weighted by molar-refractivity contribution is -0.432. The number of hydrogen-bond donors (Lipinski definition) is 5. The van der Waals surface area contributed by atoms with Gasteiger partial charge in [0.05, 0.1) is 18.5 Å². The quantitative estimate of drug-likeness (QED) is 0.133. The third kappa shape index (κ3) is 5.57. The highest BCUT2D eigenvalue weighted by atomic mass is 32.2. The van der Waals surface area contributed by atoms with Crippen LogP contribution in [0, 0.1) is 0 Å². The van der Waals surface area contributed by atoms with E-state index in [9.17, 15) is 28.0 Å². The first-order valence-electron chi connectivity index (χ1n) is 8.44. The molecule has 0 aliphatic rings. The Morgan fingerprint density at radius 2 is 1.81 bits per heavy atom. The Bertz CT molecular complexity index is 1190. The molecule has 0 radical (unpaired) electrons. The minimum atomic E-state index is -4.55. The van der Waals surface area contributed by atoms with Crippen molar-refractivity contribution in [2.45, 2.75) is 16.2 Å². The van der Waals surface area contributed by atoms with Crippen LogP contribution in [0.15, 0.2) is 52.3 Å². The lowest BCUT2D eigenvalue weighted by Gasteiger charge is -2.11. The fourth-order valence-corrected chi connectivity index (χ4v) is 3.95. The topological polar surface area (TPSA) is 177 Å². The zero-order valence-corrected chi connectivity index (χ0v) is 17.1. The maximum absolute atomic E-state index is 11.9. The van der Waals surface area contributed by atoms with Gasteiger partial charge in [0, 0.05) is 34.6 Å². The van der Waals surface area contributed by atoms with Crippen molar-refractivity contribution in [2.24, 2.45) is 0 Å². The van der Waals surface area contributed by atoms with Crippen LogP contribution in [0.3, 0.4) is 0 Å². The number of aromatic hydroxyl groups is 2. The van der Waals surface area contributed by atoms with Crippen LogP contribution in [0.25, 0.3) is 10.8 Å². The highest BCUT2D eigenvalue weighted by molar-refractivity contribution is 7.94. The average molecular weight is 472 g/mol. The van der Waals surface area contributed by atoms with Crippen molar-refractivity contribution in [1.29, 1.82) is 0 Å². The number of benzene rings is 2. The highest BCUT2D eigenvalue weighted by Crippen LogP contribution is 2.32. The zero-order chi connectivity index (χ0) is 22.6. The van der Waals surface area contributed by atoms with Gasteiger partial charge in [-0.3, -0.25) is 4.55 Å². The molecule has 31 heavy (non-hydrogen) atoms. The number of hydrogen-bond acceptors (Lipinski definition) is 11. The number of anilines is 1. The van der Waals surface area contributed by atoms with Gasteiger partial charge in [0.2, 0.25) is 11.8 Å². The van der Waals surface area contributed by atoms with E-state index in [-0.39, 0.29) is 28.1 Å². The van der Waals surface area contributed by atoms with Gasteiger partial charge in [-0.25, -0.2) is 10.1 Å². The predicted molar refractivity (Wildman–Crippen MR) is 107 cm³/mol. The number of carbonyl (C=O) groups excluding carboxylic acids is 1. The molecule has 14 heteroatoms. The minimum Gasteiger partial charge on any atom is -0.492 e. The fourth-order valence-electron chi connectivity index (χ4n) is 2.69. The lowest BCUT2D eigenvalue weighted by atomic mass is 10.1. The first-order chi connectivity index (χ1) is 14.7. The van der Waals surface area contributed by atoms with Gasteiger partial charge in [-0.1, -0.05) is 11.1 Å². The van der Waals surface area contributed by atoms with Gasteiger partial charge < -0.3 is 20.4 Å². The maximum atomic E-state index is 11.9. The van der Waals surface area contributed by atoms with Gasteiger partial charge >= 0.3 is 5.97 Å². The molecule has 12 nitrogen and oxygen atoms in total. The molecule has 0 amide bonds. The molecule has 0 saturated heterocycles. The molecule has 0 atom stereocenters. The van der Waals surface area contributed by atoms with E-state index >= 15 is 0 Å². The second-order valence-electron chi connectivity index (χ2n) is 6.04. The van der Waals surface area contributed by atoms with Crippen LogP contribution in [0.5, 0.6) is 11.8 Å². The molecule has 0 aliphatic heterocycles. The van der Waals surface area contributed by atoms with Crippen LogP contribution in [0.4, 0.5) is 5.69 Å². The van der Waals surface area contributed by atoms with Crippen molar-refractivity contribution in [2.75, 3.05) is 11.9 Å². The molecular formula is C17H16N2O10S2. The number of nitrogens with zero attached hydrogens (tertiary/aromatic N) is 1. The number of carbonyl (C=O) groups is 1. The summed E-state index contributed by atoms with van der Waals surface area (Å²) in [5.41, 5.74) is 0.523. The second-order valence-corrected chi connectivity index (χ2v) is 8.21. The fraction of sp³-hybridized carbons (Fsp3) is 0.118. The monoisotopic (exact) mass is 472 g/mol. The Hall–Kier alpha value is -3.01. The molecule has 1 heterocycles. The molecule has 0 fully saturated rings. The van der Waals surface area contributed by atoms with Crippen LogP contribution in [-0.4, -0.2) is 45.7 Å². The molecule has 3 aromatic rings. The van der Waals surface area contributed by atoms with Crippen molar-refractivity contribution in [1.82, 2.24) is 4.73 Å². The van der Waals surface area contributed by atoms with E-state index in [1.807, 2.05) is 0 Å². The van der Waals surface area contributed by atoms with Crippen LogP contribution in [0.1, 0.15) is 6.42 Å². The Morgan fingerprint density at radius 3 is 2.45 bits per heavy atom. The summed E-state index contributed by atoms with van der Waals surface area (Å²) in [5.74, 6) is -1.61. The van der Waals surface area contributed by atoms with Crippen molar-refractivity contribution in [3.63, 3.8) is 0 Å². The zero-order valence-electron chi connectivity index (χ0n) is 15.5. The van der Waals surface area contributed by atoms with Crippen LogP contribution in [0.2, 0.25) is 0 Å². The number of nitrogens with one attached hydrogen (secondary N) is 1. The molecule has 5 N–H and O–H groups in total. The predicted octanol–water partition coefficient (Wildman–Crippen LogP) is 2.18. The molecule has 0 unspecified atom stereocenters. The van der Waals surface area contributed by atoms with E-state index in [4.69, 9.17) is 10.1 Å². The summed E-state index contributed by atoms with van der Waals surface area (Å²) in [6.07, 6.45) is -0.122. The van der Waals surface area contributed by atoms with Crippen LogP contribution < -0.4 is 10.2 Å². The molecular weight excluding hydrogens is 456 g/mol. The van der Waals surface area contributed by atoms with E-state index in [1.165, 1.54) is 12.1 Å². The van der Waals surface area contributed by atoms with Gasteiger partial charge in [-0.15, -0.1) is 9.06 Å². The normalized spacial score (nSPS) is 11.5. The first-order valence-corrected chi connectivity index (χ1v) is 10.6. The SMILES string of the molecule is O=C(CCNc1ccc2c(S(=O)(=O)O)cc(SOOO)cc2c1)On1c(O)ccc1O. The minimum absolute atomic E-state index is 0.119. The van der Waals surface area contributed by atoms with Crippen LogP contribution >= 0.6 is 12.0 Å². The largest absolute Gasteiger partial charge is 0.492 e. The number of fused-ring (bicyclic) bond motifs is 1. The van der Waals surface area contributed by atoms with Gasteiger partial charge in [0.15, 0.2) is 0 Å². The summed E-state index contributed by atoms with van der Waals surface area (Å²) in [4.78, 5) is 16.6. The Kier molecular flexibility index (Phi) is 6.89. The van der Waals surface area contributed by atoms with E-state index in [0.717, 1.165) is 18.2 Å². The van der Waals surface area contributed by atoms with Gasteiger partial charge in [-0.05, 0) is 29.7 Å². The summed E-state index contributed by atoms with van der Waals surface area (Å²) < 4.78 is 37.8. The molecule has 1 aromatic heterocycles. The molecule has 0 saturated carbocycles. The standard InChI is InChI=1S/C17H16N2O10S2/c20-15-3-4-16(21)19(15)27-17(22)5-6-18-11-1-2-13-10(7-11)8-12(30-29-28-23)9-14(13)31(24,25)26/h1-4,7-9,18,20-21,23H,5-6H2,(H,24,25,26). The molecule has 3 rings (SSSR count). The van der Waals surface area contributed by atoms with Crippen molar-refractivity contribution in [3.05, 3.63) is 42.5 Å². The van der Waals surface area contributed by atoms with E-state index in [0.29, 0.717) is 27.8 Å². The summed E-state index contributed by atoms with van der Waals surface area (Å²) in [7, 11) is -4.55. The Balaban J connectivity index is 1.73. The van der Waals surface area contributed by atoms with Crippen molar-refractivity contribution in [3.8, 4) is 11.8 Å². The van der Waals surface area contributed by atoms with Crippen molar-refractivity contribution < 1.29 is 47.4 Å². The molecule has 0 bridgehead atoms. The maximum Gasteiger partial charge on any atom is 0.334 e. The lowest BCUT2D eigenvalue weighted by Crippen LogP contribution is -2.21. The molecule has 0 spiro atoms. The Labute approximate surface area is 179 Å². The van der Waals surface area contributed by atoms with Crippen LogP contribution in [-0.2, 0) is 24.3 Å². The highest BCUT2D eigenvalue weighted by Gasteiger charge is 2.17. The first kappa shape index (κ1) is 22.7. The summed E-state index contributed by atoms with van der Waals surface area (Å²) >= 11 is 0.525. The van der Waals surface area contributed by atoms with E-state index in [1.54, 1.807) is 12.1 Å². The van der Waals surface area contributed by atoms with Gasteiger partial charge in [0.25, 0.3) is 10.1 Å². The Morgan fingerprint density at radius 1 is 1.10 bits per heavy atom. The number of rotatable bonds is 9.